The molecular formula is C8H16N2O2S2. The van der Waals surface area contributed by atoms with E-state index >= 15 is 0 Å². The second-order valence-corrected chi connectivity index (χ2v) is 5.94. The van der Waals surface area contributed by atoms with Gasteiger partial charge in [-0.2, -0.15) is 17.0 Å². The summed E-state index contributed by atoms with van der Waals surface area (Å²) < 4.78 is 25.4. The number of hydrogen-bond acceptors (Lipinski definition) is 4. The minimum absolute atomic E-state index is 0.0780. The van der Waals surface area contributed by atoms with E-state index in [1.165, 1.54) is 6.92 Å². The molecule has 6 heteroatoms. The molecule has 0 saturated heterocycles. The van der Waals surface area contributed by atoms with Gasteiger partial charge in [0.05, 0.1) is 6.07 Å². The Morgan fingerprint density at radius 1 is 1.57 bits per heavy atom. The average molecular weight is 236 g/mol. The largest absolute Gasteiger partial charge is 0.227 e. The smallest absolute Gasteiger partial charge is 0.211 e. The highest BCUT2D eigenvalue weighted by Crippen LogP contribution is 2.05. The third-order valence-electron chi connectivity index (χ3n) is 1.84. The summed E-state index contributed by atoms with van der Waals surface area (Å²) in [6, 6.07) is 1.64. The number of nitrogens with one attached hydrogen (secondary N) is 1. The van der Waals surface area contributed by atoms with Gasteiger partial charge in [0.15, 0.2) is 5.25 Å². The Morgan fingerprint density at radius 2 is 2.14 bits per heavy atom. The summed E-state index contributed by atoms with van der Waals surface area (Å²) >= 11 is 1.58. The molecule has 0 fully saturated rings. The Hall–Kier alpha value is -0.250. The lowest BCUT2D eigenvalue weighted by atomic mass is 10.3. The van der Waals surface area contributed by atoms with Crippen LogP contribution in [0.5, 0.6) is 0 Å². The Balaban J connectivity index is 4.42. The summed E-state index contributed by atoms with van der Waals surface area (Å²) in [5, 5.41) is 7.52. The van der Waals surface area contributed by atoms with Crippen LogP contribution in [0, 0.1) is 11.3 Å². The fourth-order valence-corrected chi connectivity index (χ4v) is 2.72. The monoisotopic (exact) mass is 236 g/mol. The van der Waals surface area contributed by atoms with Crippen LogP contribution in [0.4, 0.5) is 0 Å². The van der Waals surface area contributed by atoms with Crippen molar-refractivity contribution in [1.82, 2.24) is 4.72 Å². The van der Waals surface area contributed by atoms with Gasteiger partial charge in [-0.05, 0) is 19.6 Å². The van der Waals surface area contributed by atoms with Gasteiger partial charge >= 0.3 is 0 Å². The molecule has 2 unspecified atom stereocenters. The highest BCUT2D eigenvalue weighted by molar-refractivity contribution is 7.98. The highest BCUT2D eigenvalue weighted by Gasteiger charge is 2.22. The molecule has 4 nitrogen and oxygen atoms in total. The van der Waals surface area contributed by atoms with E-state index in [9.17, 15) is 8.42 Å². The summed E-state index contributed by atoms with van der Waals surface area (Å²) in [5.41, 5.74) is 0. The van der Waals surface area contributed by atoms with Crippen LogP contribution in [0.3, 0.4) is 0 Å². The molecular weight excluding hydrogens is 220 g/mol. The Bertz CT molecular complexity index is 295. The zero-order chi connectivity index (χ0) is 11.2. The van der Waals surface area contributed by atoms with E-state index in [-0.39, 0.29) is 6.04 Å². The van der Waals surface area contributed by atoms with Crippen LogP contribution in [0.25, 0.3) is 0 Å². The van der Waals surface area contributed by atoms with E-state index in [0.717, 1.165) is 12.2 Å². The molecule has 0 bridgehead atoms. The first kappa shape index (κ1) is 13.8. The maximum absolute atomic E-state index is 11.5. The van der Waals surface area contributed by atoms with Crippen molar-refractivity contribution in [1.29, 1.82) is 5.26 Å². The fraction of sp³-hybridized carbons (Fsp3) is 0.875. The predicted octanol–water partition coefficient (Wildman–Crippen LogP) is 0.959. The van der Waals surface area contributed by atoms with Gasteiger partial charge in [0.1, 0.15) is 0 Å². The molecule has 0 heterocycles. The molecule has 0 aromatic heterocycles. The van der Waals surface area contributed by atoms with Gasteiger partial charge in [-0.15, -0.1) is 0 Å². The van der Waals surface area contributed by atoms with E-state index in [2.05, 4.69) is 4.72 Å². The van der Waals surface area contributed by atoms with Crippen molar-refractivity contribution in [2.24, 2.45) is 0 Å². The summed E-state index contributed by atoms with van der Waals surface area (Å²) in [5.74, 6) is 0.730. The molecule has 0 aliphatic carbocycles. The lowest BCUT2D eigenvalue weighted by Gasteiger charge is -2.16. The van der Waals surface area contributed by atoms with Crippen molar-refractivity contribution in [3.8, 4) is 6.07 Å². The maximum atomic E-state index is 11.5. The normalized spacial score (nSPS) is 15.9. The standard InChI is InChI=1S/C8H16N2O2S2/c1-4-8(6-13-3)10-14(11,12)7(2)5-9/h7-8,10H,4,6H2,1-3H3. The molecule has 0 spiro atoms. The Kier molecular flexibility index (Phi) is 6.16. The summed E-state index contributed by atoms with van der Waals surface area (Å²) in [4.78, 5) is 0. The van der Waals surface area contributed by atoms with Crippen LogP contribution < -0.4 is 4.72 Å². The van der Waals surface area contributed by atoms with Gasteiger partial charge in [0, 0.05) is 11.8 Å². The first-order valence-corrected chi connectivity index (χ1v) is 7.31. The molecule has 0 radical (unpaired) electrons. The maximum Gasteiger partial charge on any atom is 0.227 e. The van der Waals surface area contributed by atoms with Crippen molar-refractivity contribution in [3.63, 3.8) is 0 Å². The first-order chi connectivity index (χ1) is 6.47. The van der Waals surface area contributed by atoms with Gasteiger partial charge in [0.2, 0.25) is 10.0 Å². The van der Waals surface area contributed by atoms with Crippen molar-refractivity contribution < 1.29 is 8.42 Å². The van der Waals surface area contributed by atoms with Crippen molar-refractivity contribution in [3.05, 3.63) is 0 Å². The second-order valence-electron chi connectivity index (χ2n) is 2.99. The van der Waals surface area contributed by atoms with Crippen LogP contribution in [0.1, 0.15) is 20.3 Å². The topological polar surface area (TPSA) is 70.0 Å². The molecule has 0 rings (SSSR count). The average Bonchev–Trinajstić information content (AvgIpc) is 2.15. The number of sulfonamides is 1. The minimum atomic E-state index is -3.47. The van der Waals surface area contributed by atoms with Gasteiger partial charge in [-0.1, -0.05) is 6.92 Å². The molecule has 0 aromatic rings. The molecule has 1 N–H and O–H groups in total. The number of nitriles is 1. The third kappa shape index (κ3) is 4.31. The van der Waals surface area contributed by atoms with Crippen LogP contribution in [-0.2, 0) is 10.0 Å². The zero-order valence-electron chi connectivity index (χ0n) is 8.65. The summed E-state index contributed by atoms with van der Waals surface area (Å²) in [7, 11) is -3.47. The molecule has 0 saturated carbocycles. The number of rotatable bonds is 6. The summed E-state index contributed by atoms with van der Waals surface area (Å²) in [6.07, 6.45) is 2.66. The zero-order valence-corrected chi connectivity index (χ0v) is 10.3. The molecule has 2 atom stereocenters. The molecule has 14 heavy (non-hydrogen) atoms. The van der Waals surface area contributed by atoms with E-state index in [0.29, 0.717) is 0 Å². The Labute approximate surface area is 90.1 Å². The van der Waals surface area contributed by atoms with E-state index < -0.39 is 15.3 Å². The lowest BCUT2D eigenvalue weighted by molar-refractivity contribution is 0.554. The molecule has 0 aliphatic heterocycles. The van der Waals surface area contributed by atoms with Crippen LogP contribution in [0.2, 0.25) is 0 Å². The van der Waals surface area contributed by atoms with Crippen molar-refractivity contribution >= 4 is 21.8 Å². The van der Waals surface area contributed by atoms with Crippen LogP contribution in [-0.4, -0.2) is 31.7 Å². The number of hydrogen-bond donors (Lipinski definition) is 1. The van der Waals surface area contributed by atoms with E-state index in [1.54, 1.807) is 17.8 Å². The summed E-state index contributed by atoms with van der Waals surface area (Å²) in [6.45, 7) is 3.30. The van der Waals surface area contributed by atoms with Crippen LogP contribution in [0.15, 0.2) is 0 Å². The van der Waals surface area contributed by atoms with Crippen LogP contribution >= 0.6 is 11.8 Å². The quantitative estimate of drug-likeness (QED) is 0.745. The molecule has 82 valence electrons. The lowest BCUT2D eigenvalue weighted by Crippen LogP contribution is -2.40. The molecule has 0 aromatic carbocycles. The van der Waals surface area contributed by atoms with Crippen molar-refractivity contribution in [2.45, 2.75) is 31.6 Å². The minimum Gasteiger partial charge on any atom is -0.211 e. The first-order valence-electron chi connectivity index (χ1n) is 4.37. The van der Waals surface area contributed by atoms with Gasteiger partial charge in [-0.3, -0.25) is 0 Å². The SMILES string of the molecule is CCC(CSC)NS(=O)(=O)C(C)C#N. The van der Waals surface area contributed by atoms with Gasteiger partial charge in [0.25, 0.3) is 0 Å². The van der Waals surface area contributed by atoms with Gasteiger partial charge < -0.3 is 0 Å². The third-order valence-corrected chi connectivity index (χ3v) is 4.27. The fourth-order valence-electron chi connectivity index (χ4n) is 0.840. The van der Waals surface area contributed by atoms with E-state index in [1.807, 2.05) is 13.2 Å². The van der Waals surface area contributed by atoms with Crippen molar-refractivity contribution in [2.75, 3.05) is 12.0 Å². The van der Waals surface area contributed by atoms with Gasteiger partial charge in [-0.25, -0.2) is 13.1 Å². The second kappa shape index (κ2) is 6.27. The number of thioether (sulfide) groups is 1. The Morgan fingerprint density at radius 3 is 2.50 bits per heavy atom. The number of nitrogens with zero attached hydrogens (tertiary/aromatic N) is 1. The molecule has 0 amide bonds. The van der Waals surface area contributed by atoms with E-state index in [4.69, 9.17) is 5.26 Å². The highest BCUT2D eigenvalue weighted by atomic mass is 32.2. The molecule has 0 aliphatic rings. The predicted molar refractivity (Wildman–Crippen MR) is 59.6 cm³/mol.